The van der Waals surface area contributed by atoms with Gasteiger partial charge in [-0.2, -0.15) is 0 Å². The van der Waals surface area contributed by atoms with E-state index in [0.717, 1.165) is 5.56 Å². The molecule has 2 aromatic carbocycles. The molecule has 0 aliphatic rings. The van der Waals surface area contributed by atoms with E-state index in [9.17, 15) is 9.90 Å². The first-order valence-electron chi connectivity index (χ1n) is 7.80. The monoisotopic (exact) mass is 387 g/mol. The van der Waals surface area contributed by atoms with E-state index in [4.69, 9.17) is 23.2 Å². The largest absolute Gasteiger partial charge is 0.478 e. The van der Waals surface area contributed by atoms with E-state index < -0.39 is 5.97 Å². The Morgan fingerprint density at radius 1 is 1.12 bits per heavy atom. The lowest BCUT2D eigenvalue weighted by atomic mass is 10.1. The molecule has 0 atom stereocenters. The number of aromatic carboxylic acids is 1. The number of carboxylic acid groups (broad SMARTS) is 1. The molecule has 0 amide bonds. The third-order valence-electron chi connectivity index (χ3n) is 3.85. The van der Waals surface area contributed by atoms with E-state index in [1.54, 1.807) is 24.4 Å². The minimum Gasteiger partial charge on any atom is -0.478 e. The minimum atomic E-state index is -1.03. The fourth-order valence-electron chi connectivity index (χ4n) is 2.59. The van der Waals surface area contributed by atoms with Crippen molar-refractivity contribution >= 4 is 40.7 Å². The molecule has 0 saturated carbocycles. The van der Waals surface area contributed by atoms with Gasteiger partial charge in [0.25, 0.3) is 0 Å². The number of carboxylic acids is 1. The first-order chi connectivity index (χ1) is 12.6. The van der Waals surface area contributed by atoms with Crippen LogP contribution in [0.5, 0.6) is 0 Å². The van der Waals surface area contributed by atoms with Crippen LogP contribution in [-0.4, -0.2) is 21.0 Å². The molecule has 0 radical (unpaired) electrons. The minimum absolute atomic E-state index is 0.122. The Morgan fingerprint density at radius 3 is 2.54 bits per heavy atom. The number of benzene rings is 2. The molecule has 7 heteroatoms. The third-order valence-corrected chi connectivity index (χ3v) is 4.32. The van der Waals surface area contributed by atoms with E-state index in [1.807, 2.05) is 41.3 Å². The van der Waals surface area contributed by atoms with Crippen molar-refractivity contribution in [3.8, 4) is 0 Å². The predicted octanol–water partition coefficient (Wildman–Crippen LogP) is 4.91. The van der Waals surface area contributed by atoms with Crippen LogP contribution < -0.4 is 4.90 Å². The van der Waals surface area contributed by atoms with E-state index in [-0.39, 0.29) is 16.7 Å². The Balaban J connectivity index is 2.08. The Bertz CT molecular complexity index is 920. The number of halogens is 2. The van der Waals surface area contributed by atoms with Crippen LogP contribution in [0.4, 0.5) is 11.5 Å². The van der Waals surface area contributed by atoms with Gasteiger partial charge in [0.2, 0.25) is 5.28 Å². The zero-order valence-corrected chi connectivity index (χ0v) is 15.2. The summed E-state index contributed by atoms with van der Waals surface area (Å²) in [6.07, 6.45) is 1.56. The summed E-state index contributed by atoms with van der Waals surface area (Å²) in [5.41, 5.74) is 2.44. The second-order valence-corrected chi connectivity index (χ2v) is 6.14. The van der Waals surface area contributed by atoms with Crippen LogP contribution in [0.2, 0.25) is 5.28 Å². The van der Waals surface area contributed by atoms with Gasteiger partial charge in [0, 0.05) is 24.3 Å². The Morgan fingerprint density at radius 2 is 1.88 bits per heavy atom. The highest BCUT2D eigenvalue weighted by atomic mass is 35.5. The average molecular weight is 388 g/mol. The van der Waals surface area contributed by atoms with E-state index in [0.29, 0.717) is 23.6 Å². The maximum Gasteiger partial charge on any atom is 0.336 e. The molecule has 1 aromatic heterocycles. The van der Waals surface area contributed by atoms with Gasteiger partial charge in [-0.15, -0.1) is 11.6 Å². The number of nitrogens with zero attached hydrogens (tertiary/aromatic N) is 3. The number of anilines is 2. The predicted molar refractivity (Wildman–Crippen MR) is 102 cm³/mol. The second kappa shape index (κ2) is 8.17. The number of rotatable bonds is 6. The molecule has 0 bridgehead atoms. The number of alkyl halides is 1. The molecule has 1 N–H and O–H groups in total. The van der Waals surface area contributed by atoms with Crippen molar-refractivity contribution in [2.45, 2.75) is 12.4 Å². The van der Waals surface area contributed by atoms with E-state index in [1.165, 1.54) is 0 Å². The summed E-state index contributed by atoms with van der Waals surface area (Å²) in [6.45, 7) is 0.494. The van der Waals surface area contributed by atoms with Crippen LogP contribution in [0.3, 0.4) is 0 Å². The van der Waals surface area contributed by atoms with Crippen LogP contribution in [-0.2, 0) is 12.4 Å². The lowest BCUT2D eigenvalue weighted by Gasteiger charge is -2.25. The van der Waals surface area contributed by atoms with E-state index >= 15 is 0 Å². The number of hydrogen-bond donors (Lipinski definition) is 1. The summed E-state index contributed by atoms with van der Waals surface area (Å²) in [7, 11) is 0. The quantitative estimate of drug-likeness (QED) is 0.480. The van der Waals surface area contributed by atoms with Crippen LogP contribution in [0.15, 0.2) is 60.8 Å². The van der Waals surface area contributed by atoms with Gasteiger partial charge in [-0.25, -0.2) is 14.8 Å². The normalized spacial score (nSPS) is 10.5. The van der Waals surface area contributed by atoms with Crippen molar-refractivity contribution < 1.29 is 9.90 Å². The molecular weight excluding hydrogens is 373 g/mol. The van der Waals surface area contributed by atoms with Gasteiger partial charge in [-0.3, -0.25) is 0 Å². The van der Waals surface area contributed by atoms with Crippen LogP contribution in [0.1, 0.15) is 21.5 Å². The Hall–Kier alpha value is -2.63. The summed E-state index contributed by atoms with van der Waals surface area (Å²) in [4.78, 5) is 21.6. The molecule has 0 unspecified atom stereocenters. The fourth-order valence-corrected chi connectivity index (χ4v) is 2.97. The Labute approximate surface area is 160 Å². The van der Waals surface area contributed by atoms with Crippen molar-refractivity contribution in [1.29, 1.82) is 0 Å². The number of hydrogen-bond acceptors (Lipinski definition) is 4. The summed E-state index contributed by atoms with van der Waals surface area (Å²) < 4.78 is 0. The second-order valence-electron chi connectivity index (χ2n) is 5.54. The molecule has 0 aliphatic heterocycles. The number of carbonyl (C=O) groups is 1. The highest BCUT2D eigenvalue weighted by molar-refractivity contribution is 6.28. The van der Waals surface area contributed by atoms with Crippen molar-refractivity contribution in [2.24, 2.45) is 0 Å². The highest BCUT2D eigenvalue weighted by Crippen LogP contribution is 2.29. The topological polar surface area (TPSA) is 66.3 Å². The van der Waals surface area contributed by atoms with Crippen molar-refractivity contribution in [2.75, 3.05) is 4.90 Å². The molecule has 132 valence electrons. The zero-order valence-electron chi connectivity index (χ0n) is 13.6. The molecule has 5 nitrogen and oxygen atoms in total. The van der Waals surface area contributed by atoms with Gasteiger partial charge >= 0.3 is 5.97 Å². The fraction of sp³-hybridized carbons (Fsp3) is 0.105. The molecule has 0 spiro atoms. The van der Waals surface area contributed by atoms with Gasteiger partial charge in [-0.1, -0.05) is 36.4 Å². The van der Waals surface area contributed by atoms with Crippen molar-refractivity contribution in [3.63, 3.8) is 0 Å². The van der Waals surface area contributed by atoms with Gasteiger partial charge in [0.15, 0.2) is 0 Å². The zero-order chi connectivity index (χ0) is 18.5. The molecule has 0 saturated heterocycles. The van der Waals surface area contributed by atoms with E-state index in [2.05, 4.69) is 9.97 Å². The molecule has 3 aromatic rings. The first-order valence-corrected chi connectivity index (χ1v) is 8.72. The molecule has 0 aliphatic carbocycles. The smallest absolute Gasteiger partial charge is 0.336 e. The molecule has 1 heterocycles. The summed E-state index contributed by atoms with van der Waals surface area (Å²) >= 11 is 11.8. The van der Waals surface area contributed by atoms with Crippen LogP contribution in [0, 0.1) is 0 Å². The maximum absolute atomic E-state index is 11.6. The molecule has 3 rings (SSSR count). The SMILES string of the molecule is O=C(O)c1cc(N(Cc2ccccc2)c2ccnc(Cl)n2)ccc1CCl. The van der Waals surface area contributed by atoms with Gasteiger partial charge < -0.3 is 10.0 Å². The summed E-state index contributed by atoms with van der Waals surface area (Å²) in [5, 5.41) is 9.61. The lowest BCUT2D eigenvalue weighted by molar-refractivity contribution is 0.0696. The van der Waals surface area contributed by atoms with Crippen molar-refractivity contribution in [1.82, 2.24) is 9.97 Å². The number of aromatic nitrogens is 2. The molecule has 26 heavy (non-hydrogen) atoms. The lowest BCUT2D eigenvalue weighted by Crippen LogP contribution is -2.19. The molecule has 0 fully saturated rings. The Kier molecular flexibility index (Phi) is 5.71. The van der Waals surface area contributed by atoms with Gasteiger partial charge in [-0.05, 0) is 40.9 Å². The van der Waals surface area contributed by atoms with Crippen molar-refractivity contribution in [3.05, 3.63) is 82.8 Å². The third kappa shape index (κ3) is 4.12. The highest BCUT2D eigenvalue weighted by Gasteiger charge is 2.17. The average Bonchev–Trinajstić information content (AvgIpc) is 2.66. The standard InChI is InChI=1S/C19H15Cl2N3O2/c20-11-14-6-7-15(10-16(14)18(25)26)24(12-13-4-2-1-3-5-13)17-8-9-22-19(21)23-17/h1-10H,11-12H2,(H,25,26). The maximum atomic E-state index is 11.6. The van der Waals surface area contributed by atoms with Gasteiger partial charge in [0.1, 0.15) is 5.82 Å². The summed E-state index contributed by atoms with van der Waals surface area (Å²) in [6, 6.07) is 16.7. The molecular formula is C19H15Cl2N3O2. The first kappa shape index (κ1) is 18.2. The summed E-state index contributed by atoms with van der Waals surface area (Å²) in [5.74, 6) is -0.327. The van der Waals surface area contributed by atoms with Gasteiger partial charge in [0.05, 0.1) is 5.56 Å². The van der Waals surface area contributed by atoms with Crippen LogP contribution in [0.25, 0.3) is 0 Å². The van der Waals surface area contributed by atoms with Crippen LogP contribution >= 0.6 is 23.2 Å².